The molecule has 4 rings (SSSR count). The summed E-state index contributed by atoms with van der Waals surface area (Å²) >= 11 is 0. The zero-order valence-electron chi connectivity index (χ0n) is 12.6. The van der Waals surface area contributed by atoms with Crippen LogP contribution in [0.1, 0.15) is 11.3 Å². The van der Waals surface area contributed by atoms with Gasteiger partial charge in [0.15, 0.2) is 0 Å². The Kier molecular flexibility index (Phi) is 3.21. The number of H-pyrrole nitrogens is 1. The van der Waals surface area contributed by atoms with Crippen LogP contribution in [0.15, 0.2) is 30.6 Å². The molecule has 1 fully saturated rings. The lowest BCUT2D eigenvalue weighted by Gasteiger charge is -2.27. The van der Waals surface area contributed by atoms with Crippen molar-refractivity contribution in [3.8, 4) is 23.2 Å². The minimum atomic E-state index is 0.181. The number of benzene rings is 1. The second-order valence-corrected chi connectivity index (χ2v) is 5.59. The lowest BCUT2D eigenvalue weighted by molar-refractivity contribution is 0.134. The summed E-state index contributed by atoms with van der Waals surface area (Å²) in [6.45, 7) is 3.60. The fraction of sp³-hybridized carbons (Fsp3) is 0.235. The summed E-state index contributed by atoms with van der Waals surface area (Å²) in [7, 11) is 0. The van der Waals surface area contributed by atoms with Gasteiger partial charge in [0.2, 0.25) is 5.88 Å². The number of aromatic amines is 1. The topological polar surface area (TPSA) is 86.6 Å². The molecule has 0 saturated carbocycles. The maximum atomic E-state index is 9.19. The Labute approximate surface area is 133 Å². The molecule has 2 aromatic heterocycles. The fourth-order valence-electron chi connectivity index (χ4n) is 2.68. The van der Waals surface area contributed by atoms with E-state index in [1.807, 2.05) is 25.3 Å². The number of aromatic nitrogens is 3. The maximum absolute atomic E-state index is 9.19. The van der Waals surface area contributed by atoms with Crippen LogP contribution >= 0.6 is 0 Å². The predicted molar refractivity (Wildman–Crippen MR) is 86.1 cm³/mol. The van der Waals surface area contributed by atoms with Gasteiger partial charge in [-0.2, -0.15) is 5.26 Å². The van der Waals surface area contributed by atoms with Crippen molar-refractivity contribution in [2.24, 2.45) is 0 Å². The van der Waals surface area contributed by atoms with Crippen molar-refractivity contribution in [1.82, 2.24) is 20.3 Å². The second kappa shape index (κ2) is 5.38. The third-order valence-electron chi connectivity index (χ3n) is 4.04. The van der Waals surface area contributed by atoms with Gasteiger partial charge in [0.1, 0.15) is 17.9 Å². The van der Waals surface area contributed by atoms with Gasteiger partial charge in [0.05, 0.1) is 23.0 Å². The van der Waals surface area contributed by atoms with Gasteiger partial charge in [-0.1, -0.05) is 12.1 Å². The van der Waals surface area contributed by atoms with Crippen molar-refractivity contribution in [3.05, 3.63) is 41.9 Å². The molecular weight excluding hydrogens is 290 g/mol. The Balaban J connectivity index is 1.73. The van der Waals surface area contributed by atoms with Crippen LogP contribution in [-0.4, -0.2) is 34.1 Å². The summed E-state index contributed by atoms with van der Waals surface area (Å²) in [5.74, 6) is 0.581. The number of para-hydroxylation sites is 1. The molecule has 1 saturated heterocycles. The monoisotopic (exact) mass is 305 g/mol. The molecule has 3 aromatic rings. The van der Waals surface area contributed by atoms with Crippen molar-refractivity contribution in [2.75, 3.05) is 13.1 Å². The van der Waals surface area contributed by atoms with Crippen LogP contribution in [0.25, 0.3) is 22.2 Å². The number of ether oxygens (including phenoxy) is 1. The Hall–Kier alpha value is -2.91. The minimum Gasteiger partial charge on any atom is -0.470 e. The summed E-state index contributed by atoms with van der Waals surface area (Å²) in [5.41, 5.74) is 3.91. The van der Waals surface area contributed by atoms with E-state index < -0.39 is 0 Å². The molecule has 114 valence electrons. The predicted octanol–water partition coefficient (Wildman–Crippen LogP) is 2.16. The average molecular weight is 305 g/mol. The molecule has 2 N–H and O–H groups in total. The van der Waals surface area contributed by atoms with Crippen LogP contribution in [0, 0.1) is 18.3 Å². The van der Waals surface area contributed by atoms with Crippen LogP contribution in [0.2, 0.25) is 0 Å². The third kappa shape index (κ3) is 2.31. The molecule has 1 aliphatic rings. The maximum Gasteiger partial charge on any atom is 0.235 e. The normalized spacial score (nSPS) is 14.4. The minimum absolute atomic E-state index is 0.181. The van der Waals surface area contributed by atoms with Crippen LogP contribution in [0.3, 0.4) is 0 Å². The zero-order chi connectivity index (χ0) is 15.8. The zero-order valence-corrected chi connectivity index (χ0v) is 12.6. The number of hydrogen-bond acceptors (Lipinski definition) is 5. The first-order valence-corrected chi connectivity index (χ1v) is 7.48. The Morgan fingerprint density at radius 1 is 1.35 bits per heavy atom. The Bertz CT molecular complexity index is 920. The highest BCUT2D eigenvalue weighted by atomic mass is 16.5. The largest absolute Gasteiger partial charge is 0.470 e. The highest BCUT2D eigenvalue weighted by Gasteiger charge is 2.20. The van der Waals surface area contributed by atoms with Gasteiger partial charge in [-0.25, -0.2) is 9.97 Å². The molecule has 1 aromatic carbocycles. The summed E-state index contributed by atoms with van der Waals surface area (Å²) in [6.07, 6.45) is 3.77. The van der Waals surface area contributed by atoms with Crippen LogP contribution in [0.4, 0.5) is 0 Å². The van der Waals surface area contributed by atoms with E-state index in [0.29, 0.717) is 11.4 Å². The first-order valence-electron chi connectivity index (χ1n) is 7.48. The SMILES string of the molecule is Cc1nc(-c2c[nH]c3c(C#N)cccc23)cnc1OC1CNC1. The smallest absolute Gasteiger partial charge is 0.235 e. The number of nitrogens with zero attached hydrogens (tertiary/aromatic N) is 3. The van der Waals surface area contributed by atoms with E-state index in [1.54, 1.807) is 12.3 Å². The molecule has 0 spiro atoms. The van der Waals surface area contributed by atoms with E-state index in [1.165, 1.54) is 0 Å². The lowest BCUT2D eigenvalue weighted by atomic mass is 10.1. The molecule has 0 atom stereocenters. The van der Waals surface area contributed by atoms with Gasteiger partial charge in [0.25, 0.3) is 0 Å². The lowest BCUT2D eigenvalue weighted by Crippen LogP contribution is -2.50. The van der Waals surface area contributed by atoms with E-state index in [-0.39, 0.29) is 6.10 Å². The second-order valence-electron chi connectivity index (χ2n) is 5.59. The number of nitrogens with one attached hydrogen (secondary N) is 2. The van der Waals surface area contributed by atoms with E-state index >= 15 is 0 Å². The summed E-state index contributed by atoms with van der Waals surface area (Å²) in [6, 6.07) is 7.84. The van der Waals surface area contributed by atoms with Crippen molar-refractivity contribution in [2.45, 2.75) is 13.0 Å². The Morgan fingerprint density at radius 2 is 2.22 bits per heavy atom. The molecule has 6 heteroatoms. The van der Waals surface area contributed by atoms with Gasteiger partial charge in [0, 0.05) is 30.2 Å². The highest BCUT2D eigenvalue weighted by molar-refractivity contribution is 5.97. The van der Waals surface area contributed by atoms with Gasteiger partial charge in [-0.3, -0.25) is 0 Å². The van der Waals surface area contributed by atoms with Crippen LogP contribution in [-0.2, 0) is 0 Å². The molecule has 1 aliphatic heterocycles. The van der Waals surface area contributed by atoms with Crippen molar-refractivity contribution < 1.29 is 4.74 Å². The van der Waals surface area contributed by atoms with Crippen molar-refractivity contribution >= 4 is 10.9 Å². The first-order chi connectivity index (χ1) is 11.3. The molecular formula is C17H15N5O. The molecule has 6 nitrogen and oxygen atoms in total. The van der Waals surface area contributed by atoms with E-state index in [4.69, 9.17) is 4.74 Å². The van der Waals surface area contributed by atoms with Gasteiger partial charge < -0.3 is 15.0 Å². The number of fused-ring (bicyclic) bond motifs is 1. The van der Waals surface area contributed by atoms with E-state index in [9.17, 15) is 5.26 Å². The van der Waals surface area contributed by atoms with Crippen molar-refractivity contribution in [3.63, 3.8) is 0 Å². The number of hydrogen-bond donors (Lipinski definition) is 2. The number of nitriles is 1. The van der Waals surface area contributed by atoms with Gasteiger partial charge in [-0.15, -0.1) is 0 Å². The van der Waals surface area contributed by atoms with Gasteiger partial charge in [-0.05, 0) is 13.0 Å². The molecule has 0 bridgehead atoms. The molecule has 0 amide bonds. The average Bonchev–Trinajstić information content (AvgIpc) is 2.96. The summed E-state index contributed by atoms with van der Waals surface area (Å²) in [5, 5.41) is 13.3. The molecule has 0 unspecified atom stereocenters. The number of aryl methyl sites for hydroxylation is 1. The third-order valence-corrected chi connectivity index (χ3v) is 4.04. The van der Waals surface area contributed by atoms with Crippen LogP contribution in [0.5, 0.6) is 5.88 Å². The van der Waals surface area contributed by atoms with E-state index in [0.717, 1.165) is 40.9 Å². The molecule has 3 heterocycles. The highest BCUT2D eigenvalue weighted by Crippen LogP contribution is 2.30. The fourth-order valence-corrected chi connectivity index (χ4v) is 2.68. The van der Waals surface area contributed by atoms with E-state index in [2.05, 4.69) is 26.3 Å². The van der Waals surface area contributed by atoms with Crippen molar-refractivity contribution in [1.29, 1.82) is 5.26 Å². The molecule has 0 aliphatic carbocycles. The molecule has 23 heavy (non-hydrogen) atoms. The molecule has 0 radical (unpaired) electrons. The standard InChI is InChI=1S/C17H15N5O/c1-10-17(23-12-6-19-7-12)21-9-15(22-10)14-8-20-16-11(5-18)3-2-4-13(14)16/h2-4,8-9,12,19-20H,6-7H2,1H3. The first kappa shape index (κ1) is 13.7. The van der Waals surface area contributed by atoms with Gasteiger partial charge >= 0.3 is 0 Å². The number of rotatable bonds is 3. The quantitative estimate of drug-likeness (QED) is 0.774. The van der Waals surface area contributed by atoms with Crippen LogP contribution < -0.4 is 10.1 Å². The summed E-state index contributed by atoms with van der Waals surface area (Å²) in [4.78, 5) is 12.2. The Morgan fingerprint density at radius 3 is 2.91 bits per heavy atom. The summed E-state index contributed by atoms with van der Waals surface area (Å²) < 4.78 is 5.79.